The molecule has 0 aliphatic rings. The van der Waals surface area contributed by atoms with Crippen LogP contribution in [-0.4, -0.2) is 16.9 Å². The van der Waals surface area contributed by atoms with E-state index in [2.05, 4.69) is 10.6 Å². The van der Waals surface area contributed by atoms with Gasteiger partial charge in [0.2, 0.25) is 0 Å². The Kier molecular flexibility index (Phi) is 4.16. The van der Waals surface area contributed by atoms with Gasteiger partial charge < -0.3 is 15.7 Å². The molecule has 5 nitrogen and oxygen atoms in total. The second-order valence-corrected chi connectivity index (χ2v) is 5.47. The molecule has 3 N–H and O–H groups in total. The molecule has 2 amide bonds. The van der Waals surface area contributed by atoms with Crippen molar-refractivity contribution in [1.82, 2.24) is 0 Å². The van der Waals surface area contributed by atoms with Gasteiger partial charge in [-0.15, -0.1) is 0 Å². The number of anilines is 2. The fraction of sp³-hybridized carbons (Fsp3) is 0.0526. The van der Waals surface area contributed by atoms with Crippen molar-refractivity contribution in [2.24, 2.45) is 0 Å². The Morgan fingerprint density at radius 1 is 0.833 bits per heavy atom. The third kappa shape index (κ3) is 3.35. The Labute approximate surface area is 138 Å². The summed E-state index contributed by atoms with van der Waals surface area (Å²) in [6.45, 7) is 1.73. The minimum Gasteiger partial charge on any atom is -0.508 e. The summed E-state index contributed by atoms with van der Waals surface area (Å²) in [6.07, 6.45) is 0. The van der Waals surface area contributed by atoms with Gasteiger partial charge in [0.05, 0.1) is 0 Å². The average molecular weight is 320 g/mol. The maximum atomic E-state index is 12.1. The number of phenols is 1. The van der Waals surface area contributed by atoms with Gasteiger partial charge in [0.15, 0.2) is 0 Å². The first-order chi connectivity index (χ1) is 11.5. The molecule has 0 radical (unpaired) electrons. The highest BCUT2D eigenvalue weighted by Crippen LogP contribution is 2.21. The largest absolute Gasteiger partial charge is 0.508 e. The van der Waals surface area contributed by atoms with Gasteiger partial charge in [-0.25, -0.2) is 0 Å². The quantitative estimate of drug-likeness (QED) is 0.500. The number of carbonyl (C=O) groups excluding carboxylic acids is 2. The highest BCUT2D eigenvalue weighted by molar-refractivity contribution is 6.43. The number of benzene rings is 3. The fourth-order valence-corrected chi connectivity index (χ4v) is 2.42. The van der Waals surface area contributed by atoms with Crippen molar-refractivity contribution in [2.75, 3.05) is 10.6 Å². The first kappa shape index (κ1) is 15.6. The number of hydrogen-bond acceptors (Lipinski definition) is 3. The lowest BCUT2D eigenvalue weighted by Crippen LogP contribution is -2.29. The molecule has 0 fully saturated rings. The van der Waals surface area contributed by atoms with Gasteiger partial charge >= 0.3 is 11.8 Å². The van der Waals surface area contributed by atoms with Gasteiger partial charge in [0.25, 0.3) is 0 Å². The Bertz CT molecular complexity index is 935. The molecule has 24 heavy (non-hydrogen) atoms. The summed E-state index contributed by atoms with van der Waals surface area (Å²) in [6, 6.07) is 17.7. The normalized spacial score (nSPS) is 10.4. The second kappa shape index (κ2) is 6.42. The van der Waals surface area contributed by atoms with E-state index >= 15 is 0 Å². The van der Waals surface area contributed by atoms with Crippen molar-refractivity contribution in [3.8, 4) is 5.75 Å². The van der Waals surface area contributed by atoms with Crippen molar-refractivity contribution in [3.05, 3.63) is 66.2 Å². The first-order valence-electron chi connectivity index (χ1n) is 7.44. The van der Waals surface area contributed by atoms with E-state index in [1.807, 2.05) is 36.4 Å². The van der Waals surface area contributed by atoms with E-state index in [1.165, 1.54) is 12.1 Å². The average Bonchev–Trinajstić information content (AvgIpc) is 2.57. The molecule has 0 aromatic heterocycles. The van der Waals surface area contributed by atoms with Gasteiger partial charge in [0, 0.05) is 11.4 Å². The molecule has 0 bridgehead atoms. The topological polar surface area (TPSA) is 78.4 Å². The monoisotopic (exact) mass is 320 g/mol. The van der Waals surface area contributed by atoms with E-state index in [0.29, 0.717) is 16.9 Å². The molecule has 0 spiro atoms. The molecule has 3 aromatic carbocycles. The highest BCUT2D eigenvalue weighted by atomic mass is 16.3. The number of nitrogens with one attached hydrogen (secondary N) is 2. The smallest absolute Gasteiger partial charge is 0.314 e. The van der Waals surface area contributed by atoms with Crippen molar-refractivity contribution >= 4 is 34.0 Å². The fourth-order valence-electron chi connectivity index (χ4n) is 2.42. The number of hydrogen-bond donors (Lipinski definition) is 3. The summed E-state index contributed by atoms with van der Waals surface area (Å²) >= 11 is 0. The van der Waals surface area contributed by atoms with Crippen LogP contribution >= 0.6 is 0 Å². The number of rotatable bonds is 2. The molecule has 0 aliphatic carbocycles. The van der Waals surface area contributed by atoms with E-state index in [0.717, 1.165) is 10.8 Å². The number of aryl methyl sites for hydroxylation is 1. The van der Waals surface area contributed by atoms with E-state index in [1.54, 1.807) is 19.1 Å². The summed E-state index contributed by atoms with van der Waals surface area (Å²) in [5.41, 5.74) is 1.70. The van der Waals surface area contributed by atoms with Crippen LogP contribution < -0.4 is 10.6 Å². The Hall–Kier alpha value is -3.34. The number of carbonyl (C=O) groups is 2. The number of amides is 2. The molecule has 3 aromatic rings. The van der Waals surface area contributed by atoms with Crippen LogP contribution in [0.1, 0.15) is 5.56 Å². The molecule has 0 saturated heterocycles. The second-order valence-electron chi connectivity index (χ2n) is 5.47. The van der Waals surface area contributed by atoms with Crippen LogP contribution in [0.4, 0.5) is 11.4 Å². The third-order valence-corrected chi connectivity index (χ3v) is 3.67. The zero-order valence-electron chi connectivity index (χ0n) is 13.0. The summed E-state index contributed by atoms with van der Waals surface area (Å²) < 4.78 is 0. The van der Waals surface area contributed by atoms with Crippen molar-refractivity contribution in [1.29, 1.82) is 0 Å². The van der Waals surface area contributed by atoms with Crippen LogP contribution in [0.3, 0.4) is 0 Å². The van der Waals surface area contributed by atoms with Crippen molar-refractivity contribution < 1.29 is 14.7 Å². The van der Waals surface area contributed by atoms with Crippen LogP contribution in [0.5, 0.6) is 5.75 Å². The van der Waals surface area contributed by atoms with Crippen LogP contribution in [0, 0.1) is 6.92 Å². The lowest BCUT2D eigenvalue weighted by atomic mass is 10.1. The molecule has 0 heterocycles. The van der Waals surface area contributed by atoms with Crippen LogP contribution in [0.15, 0.2) is 60.7 Å². The minimum atomic E-state index is -0.767. The molecule has 0 unspecified atom stereocenters. The molecule has 120 valence electrons. The van der Waals surface area contributed by atoms with Crippen LogP contribution in [-0.2, 0) is 9.59 Å². The standard InChI is InChI=1S/C19H16N2O3/c1-12-10-16(22)8-9-17(12)21-19(24)18(23)20-15-7-6-13-4-2-3-5-14(13)11-15/h2-11,22H,1H3,(H,20,23)(H,21,24). The highest BCUT2D eigenvalue weighted by Gasteiger charge is 2.15. The lowest BCUT2D eigenvalue weighted by molar-refractivity contribution is -0.133. The van der Waals surface area contributed by atoms with Crippen molar-refractivity contribution in [2.45, 2.75) is 6.92 Å². The molecule has 3 rings (SSSR count). The van der Waals surface area contributed by atoms with Crippen molar-refractivity contribution in [3.63, 3.8) is 0 Å². The zero-order valence-corrected chi connectivity index (χ0v) is 13.0. The maximum absolute atomic E-state index is 12.1. The number of fused-ring (bicyclic) bond motifs is 1. The van der Waals surface area contributed by atoms with Gasteiger partial charge in [-0.05, 0) is 53.6 Å². The maximum Gasteiger partial charge on any atom is 0.314 e. The molecule has 5 heteroatoms. The third-order valence-electron chi connectivity index (χ3n) is 3.67. The van der Waals surface area contributed by atoms with Gasteiger partial charge in [0.1, 0.15) is 5.75 Å². The van der Waals surface area contributed by atoms with Gasteiger partial charge in [-0.1, -0.05) is 30.3 Å². The van der Waals surface area contributed by atoms with Gasteiger partial charge in [-0.2, -0.15) is 0 Å². The first-order valence-corrected chi connectivity index (χ1v) is 7.44. The summed E-state index contributed by atoms with van der Waals surface area (Å²) in [7, 11) is 0. The Morgan fingerprint density at radius 3 is 2.29 bits per heavy atom. The van der Waals surface area contributed by atoms with E-state index in [4.69, 9.17) is 0 Å². The van der Waals surface area contributed by atoms with Crippen LogP contribution in [0.2, 0.25) is 0 Å². The van der Waals surface area contributed by atoms with Crippen LogP contribution in [0.25, 0.3) is 10.8 Å². The number of aromatic hydroxyl groups is 1. The lowest BCUT2D eigenvalue weighted by Gasteiger charge is -2.09. The molecule has 0 saturated carbocycles. The predicted octanol–water partition coefficient (Wildman–Crippen LogP) is 3.43. The predicted molar refractivity (Wildman–Crippen MR) is 94.1 cm³/mol. The van der Waals surface area contributed by atoms with E-state index < -0.39 is 11.8 Å². The Balaban J connectivity index is 1.72. The summed E-state index contributed by atoms with van der Waals surface area (Å²) in [5, 5.41) is 16.5. The van der Waals surface area contributed by atoms with E-state index in [9.17, 15) is 14.7 Å². The SMILES string of the molecule is Cc1cc(O)ccc1NC(=O)C(=O)Nc1ccc2ccccc2c1. The molecule has 0 atom stereocenters. The van der Waals surface area contributed by atoms with E-state index in [-0.39, 0.29) is 5.75 Å². The van der Waals surface area contributed by atoms with Gasteiger partial charge in [-0.3, -0.25) is 9.59 Å². The minimum absolute atomic E-state index is 0.103. The summed E-state index contributed by atoms with van der Waals surface area (Å²) in [5.74, 6) is -1.42. The molecule has 0 aliphatic heterocycles. The summed E-state index contributed by atoms with van der Waals surface area (Å²) in [4.78, 5) is 24.1. The Morgan fingerprint density at radius 2 is 1.54 bits per heavy atom. The molecular formula is C19H16N2O3. The molecular weight excluding hydrogens is 304 g/mol. The number of phenolic OH excluding ortho intramolecular Hbond substituents is 1. The zero-order chi connectivity index (χ0) is 17.1.